The third-order valence-electron chi connectivity index (χ3n) is 4.28. The Morgan fingerprint density at radius 2 is 1.52 bits per heavy atom. The zero-order chi connectivity index (χ0) is 23.3. The Kier molecular flexibility index (Phi) is 8.57. The molecule has 172 valence electrons. The predicted octanol–water partition coefficient (Wildman–Crippen LogP) is 1.34. The van der Waals surface area contributed by atoms with Gasteiger partial charge in [-0.1, -0.05) is 15.9 Å². The SMILES string of the molecule is CC(=O)OC[C@H]1O[C@@H](n2nc(C)cc2CBr)[C@H](OC(C)=O)[C@@H](OC(C)=O)[C@@H]1OC(C)=O. The first-order valence-electron chi connectivity index (χ1n) is 9.45. The van der Waals surface area contributed by atoms with E-state index in [-0.39, 0.29) is 6.61 Å². The van der Waals surface area contributed by atoms with Crippen molar-refractivity contribution in [2.45, 2.75) is 70.6 Å². The van der Waals surface area contributed by atoms with Gasteiger partial charge in [0.2, 0.25) is 0 Å². The molecule has 0 radical (unpaired) electrons. The molecule has 1 saturated heterocycles. The first kappa shape index (κ1) is 24.8. The van der Waals surface area contributed by atoms with Crippen LogP contribution in [0.2, 0.25) is 0 Å². The summed E-state index contributed by atoms with van der Waals surface area (Å²) in [4.78, 5) is 46.9. The van der Waals surface area contributed by atoms with Gasteiger partial charge < -0.3 is 23.7 Å². The van der Waals surface area contributed by atoms with E-state index in [0.717, 1.165) is 0 Å². The maximum Gasteiger partial charge on any atom is 0.303 e. The fraction of sp³-hybridized carbons (Fsp3) is 0.632. The van der Waals surface area contributed by atoms with Crippen molar-refractivity contribution in [1.29, 1.82) is 0 Å². The van der Waals surface area contributed by atoms with E-state index in [1.54, 1.807) is 13.0 Å². The first-order valence-corrected chi connectivity index (χ1v) is 10.6. The highest BCUT2D eigenvalue weighted by Crippen LogP contribution is 2.35. The van der Waals surface area contributed by atoms with Gasteiger partial charge in [0.25, 0.3) is 0 Å². The van der Waals surface area contributed by atoms with Crippen molar-refractivity contribution in [2.24, 2.45) is 0 Å². The lowest BCUT2D eigenvalue weighted by atomic mass is 9.97. The number of hydrogen-bond donors (Lipinski definition) is 0. The van der Waals surface area contributed by atoms with Gasteiger partial charge in [-0.3, -0.25) is 19.2 Å². The van der Waals surface area contributed by atoms with E-state index in [2.05, 4.69) is 21.0 Å². The van der Waals surface area contributed by atoms with Crippen molar-refractivity contribution < 1.29 is 42.9 Å². The molecule has 0 bridgehead atoms. The summed E-state index contributed by atoms with van der Waals surface area (Å²) in [5.74, 6) is -2.62. The van der Waals surface area contributed by atoms with Crippen molar-refractivity contribution in [3.05, 3.63) is 17.5 Å². The van der Waals surface area contributed by atoms with Crippen molar-refractivity contribution in [3.63, 3.8) is 0 Å². The Morgan fingerprint density at radius 3 is 2.03 bits per heavy atom. The number of alkyl halides is 1. The molecule has 2 rings (SSSR count). The summed E-state index contributed by atoms with van der Waals surface area (Å²) in [5, 5.41) is 4.81. The molecule has 31 heavy (non-hydrogen) atoms. The summed E-state index contributed by atoms with van der Waals surface area (Å²) in [6.45, 7) is 6.22. The predicted molar refractivity (Wildman–Crippen MR) is 107 cm³/mol. The second-order valence-electron chi connectivity index (χ2n) is 6.95. The van der Waals surface area contributed by atoms with Crippen LogP contribution in [0.1, 0.15) is 45.3 Å². The second kappa shape index (κ2) is 10.7. The van der Waals surface area contributed by atoms with E-state index in [0.29, 0.717) is 16.7 Å². The van der Waals surface area contributed by atoms with E-state index >= 15 is 0 Å². The fourth-order valence-electron chi connectivity index (χ4n) is 3.29. The van der Waals surface area contributed by atoms with Crippen LogP contribution in [-0.4, -0.2) is 64.7 Å². The summed E-state index contributed by atoms with van der Waals surface area (Å²) in [5.41, 5.74) is 1.36. The number of aryl methyl sites for hydroxylation is 1. The molecule has 1 aliphatic rings. The molecule has 0 saturated carbocycles. The third kappa shape index (κ3) is 6.50. The Hall–Kier alpha value is -2.47. The normalized spacial score (nSPS) is 25.4. The van der Waals surface area contributed by atoms with Crippen LogP contribution >= 0.6 is 15.9 Å². The van der Waals surface area contributed by atoms with Gasteiger partial charge in [-0.25, -0.2) is 4.68 Å². The van der Waals surface area contributed by atoms with Crippen LogP contribution in [0.3, 0.4) is 0 Å². The Morgan fingerprint density at radius 1 is 0.968 bits per heavy atom. The summed E-state index contributed by atoms with van der Waals surface area (Å²) in [6, 6.07) is 1.79. The molecule has 1 aromatic heterocycles. The Bertz CT molecular complexity index is 840. The molecule has 0 aliphatic carbocycles. The number of rotatable bonds is 7. The molecule has 5 atom stereocenters. The lowest BCUT2D eigenvalue weighted by Crippen LogP contribution is -2.60. The smallest absolute Gasteiger partial charge is 0.303 e. The summed E-state index contributed by atoms with van der Waals surface area (Å²) in [6.07, 6.45) is -5.72. The lowest BCUT2D eigenvalue weighted by molar-refractivity contribution is -0.270. The highest BCUT2D eigenvalue weighted by molar-refractivity contribution is 9.08. The molecule has 0 spiro atoms. The highest BCUT2D eigenvalue weighted by Gasteiger charge is 2.53. The van der Waals surface area contributed by atoms with Crippen LogP contribution in [0.15, 0.2) is 6.07 Å². The standard InChI is InChI=1S/C19H25BrN2O9/c1-9-6-14(7-20)22(21-9)19-18(30-13(5)26)17(29-12(4)25)16(28-11(3)24)15(31-19)8-27-10(2)23/h6,15-19H,7-8H2,1-5H3/t15-,16-,17+,18-,19-/m1/s1. The Balaban J connectivity index is 2.57. The molecule has 1 aromatic rings. The molecule has 11 nitrogen and oxygen atoms in total. The number of esters is 4. The molecule has 0 unspecified atom stereocenters. The van der Waals surface area contributed by atoms with Crippen LogP contribution < -0.4 is 0 Å². The minimum absolute atomic E-state index is 0.293. The van der Waals surface area contributed by atoms with Gasteiger partial charge in [-0.15, -0.1) is 0 Å². The van der Waals surface area contributed by atoms with Crippen molar-refractivity contribution in [2.75, 3.05) is 6.61 Å². The number of carbonyl (C=O) groups is 4. The van der Waals surface area contributed by atoms with Gasteiger partial charge in [0.1, 0.15) is 12.7 Å². The largest absolute Gasteiger partial charge is 0.463 e. The van der Waals surface area contributed by atoms with Crippen LogP contribution in [0, 0.1) is 6.92 Å². The number of carbonyl (C=O) groups excluding carboxylic acids is 4. The van der Waals surface area contributed by atoms with Gasteiger partial charge >= 0.3 is 23.9 Å². The average molecular weight is 505 g/mol. The maximum absolute atomic E-state index is 11.9. The van der Waals surface area contributed by atoms with Gasteiger partial charge in [0, 0.05) is 33.0 Å². The quantitative estimate of drug-likeness (QED) is 0.304. The topological polar surface area (TPSA) is 132 Å². The molecule has 1 fully saturated rings. The van der Waals surface area contributed by atoms with Crippen LogP contribution in [0.5, 0.6) is 0 Å². The second-order valence-corrected chi connectivity index (χ2v) is 7.51. The summed E-state index contributed by atoms with van der Waals surface area (Å²) >= 11 is 3.38. The van der Waals surface area contributed by atoms with E-state index in [4.69, 9.17) is 23.7 Å². The zero-order valence-electron chi connectivity index (χ0n) is 17.8. The number of ether oxygens (including phenoxy) is 5. The van der Waals surface area contributed by atoms with Crippen molar-refractivity contribution in [1.82, 2.24) is 9.78 Å². The van der Waals surface area contributed by atoms with E-state index in [1.165, 1.54) is 32.4 Å². The van der Waals surface area contributed by atoms with E-state index < -0.39 is 54.5 Å². The fourth-order valence-corrected chi connectivity index (χ4v) is 3.71. The Labute approximate surface area is 187 Å². The summed E-state index contributed by atoms with van der Waals surface area (Å²) in [7, 11) is 0. The third-order valence-corrected chi connectivity index (χ3v) is 4.85. The monoisotopic (exact) mass is 504 g/mol. The molecular weight excluding hydrogens is 480 g/mol. The van der Waals surface area contributed by atoms with Gasteiger partial charge in [-0.2, -0.15) is 5.10 Å². The summed E-state index contributed by atoms with van der Waals surface area (Å²) < 4.78 is 28.8. The molecular formula is C19H25BrN2O9. The van der Waals surface area contributed by atoms with Crippen molar-refractivity contribution in [3.8, 4) is 0 Å². The van der Waals surface area contributed by atoms with Crippen molar-refractivity contribution >= 4 is 39.8 Å². The van der Waals surface area contributed by atoms with Crippen LogP contribution in [0.25, 0.3) is 0 Å². The van der Waals surface area contributed by atoms with Gasteiger partial charge in [0.15, 0.2) is 24.5 Å². The molecule has 1 aliphatic heterocycles. The number of aromatic nitrogens is 2. The van der Waals surface area contributed by atoms with Crippen LogP contribution in [0.4, 0.5) is 0 Å². The van der Waals surface area contributed by atoms with Crippen LogP contribution in [-0.2, 0) is 48.2 Å². The maximum atomic E-state index is 11.9. The highest BCUT2D eigenvalue weighted by atomic mass is 79.9. The minimum Gasteiger partial charge on any atom is -0.463 e. The lowest BCUT2D eigenvalue weighted by Gasteiger charge is -2.44. The molecule has 0 aromatic carbocycles. The van der Waals surface area contributed by atoms with E-state index in [1.807, 2.05) is 0 Å². The average Bonchev–Trinajstić information content (AvgIpc) is 3.03. The number of hydrogen-bond acceptors (Lipinski definition) is 10. The van der Waals surface area contributed by atoms with Gasteiger partial charge in [0.05, 0.1) is 11.4 Å². The molecule has 0 amide bonds. The van der Waals surface area contributed by atoms with E-state index in [9.17, 15) is 19.2 Å². The number of halogens is 1. The molecule has 12 heteroatoms. The molecule has 2 heterocycles. The molecule has 0 N–H and O–H groups in total. The first-order chi connectivity index (χ1) is 14.5. The zero-order valence-corrected chi connectivity index (χ0v) is 19.4. The van der Waals surface area contributed by atoms with Gasteiger partial charge in [-0.05, 0) is 13.0 Å². The minimum atomic E-state index is -1.24. The number of nitrogens with zero attached hydrogens (tertiary/aromatic N) is 2.